The Labute approximate surface area is 161 Å². The molecule has 27 heavy (non-hydrogen) atoms. The van der Waals surface area contributed by atoms with Crippen LogP contribution in [0.3, 0.4) is 0 Å². The van der Waals surface area contributed by atoms with Crippen molar-refractivity contribution in [1.29, 1.82) is 0 Å². The lowest BCUT2D eigenvalue weighted by molar-refractivity contribution is -0.0157. The zero-order chi connectivity index (χ0) is 18.3. The fourth-order valence-electron chi connectivity index (χ4n) is 4.12. The molecule has 4 rings (SSSR count). The first-order valence-corrected chi connectivity index (χ1v) is 10.3. The van der Waals surface area contributed by atoms with Crippen molar-refractivity contribution in [2.24, 2.45) is 5.92 Å². The molecule has 1 aliphatic heterocycles. The summed E-state index contributed by atoms with van der Waals surface area (Å²) >= 11 is 0. The van der Waals surface area contributed by atoms with Gasteiger partial charge in [0, 0.05) is 56.6 Å². The normalized spacial score (nSPS) is 20.0. The highest BCUT2D eigenvalue weighted by Crippen LogP contribution is 2.25. The number of hydrogen-bond donors (Lipinski definition) is 0. The monoisotopic (exact) mass is 367 g/mol. The fraction of sp³-hybridized carbons (Fsp3) is 0.619. The second-order valence-electron chi connectivity index (χ2n) is 7.85. The van der Waals surface area contributed by atoms with Gasteiger partial charge in [0.15, 0.2) is 5.82 Å². The summed E-state index contributed by atoms with van der Waals surface area (Å²) in [5.74, 6) is 1.48. The summed E-state index contributed by atoms with van der Waals surface area (Å²) in [5, 5.41) is 0. The second kappa shape index (κ2) is 9.33. The van der Waals surface area contributed by atoms with Crippen LogP contribution in [0.15, 0.2) is 31.1 Å². The minimum absolute atomic E-state index is 0.444. The van der Waals surface area contributed by atoms with Crippen LogP contribution < -0.4 is 0 Å². The van der Waals surface area contributed by atoms with E-state index < -0.39 is 0 Å². The lowest BCUT2D eigenvalue weighted by Crippen LogP contribution is -2.37. The lowest BCUT2D eigenvalue weighted by Gasteiger charge is -2.33. The van der Waals surface area contributed by atoms with Gasteiger partial charge >= 0.3 is 0 Å². The first-order chi connectivity index (χ1) is 13.4. The zero-order valence-electron chi connectivity index (χ0n) is 16.0. The Bertz CT molecular complexity index is 679. The largest absolute Gasteiger partial charge is 0.378 e. The number of aromatic nitrogens is 4. The molecule has 144 valence electrons. The van der Waals surface area contributed by atoms with Gasteiger partial charge in [-0.2, -0.15) is 0 Å². The molecule has 0 amide bonds. The number of likely N-dealkylation sites (tertiary alicyclic amines) is 1. The third-order valence-electron chi connectivity index (χ3n) is 5.76. The molecule has 1 aliphatic carbocycles. The Kier molecular flexibility index (Phi) is 6.37. The molecule has 2 fully saturated rings. The topological polar surface area (TPSA) is 64.0 Å². The van der Waals surface area contributed by atoms with Gasteiger partial charge in [0.2, 0.25) is 0 Å². The van der Waals surface area contributed by atoms with Crippen molar-refractivity contribution in [1.82, 2.24) is 24.8 Å². The molecule has 3 heterocycles. The van der Waals surface area contributed by atoms with Crippen molar-refractivity contribution in [3.63, 3.8) is 0 Å². The zero-order valence-corrected chi connectivity index (χ0v) is 16.0. The van der Waals surface area contributed by atoms with Crippen molar-refractivity contribution < 1.29 is 4.74 Å². The van der Waals surface area contributed by atoms with E-state index >= 15 is 0 Å². The highest BCUT2D eigenvalue weighted by atomic mass is 16.5. The van der Waals surface area contributed by atoms with E-state index in [0.29, 0.717) is 11.9 Å². The Morgan fingerprint density at radius 2 is 1.59 bits per heavy atom. The summed E-state index contributed by atoms with van der Waals surface area (Å²) in [7, 11) is 0. The Morgan fingerprint density at radius 1 is 0.889 bits per heavy atom. The lowest BCUT2D eigenvalue weighted by atomic mass is 9.90. The van der Waals surface area contributed by atoms with Crippen LogP contribution >= 0.6 is 0 Å². The van der Waals surface area contributed by atoms with E-state index in [1.165, 1.54) is 38.4 Å². The third-order valence-corrected chi connectivity index (χ3v) is 5.76. The molecule has 0 unspecified atom stereocenters. The van der Waals surface area contributed by atoms with E-state index in [1.807, 2.05) is 12.4 Å². The highest BCUT2D eigenvalue weighted by Gasteiger charge is 2.22. The van der Waals surface area contributed by atoms with Gasteiger partial charge in [-0.3, -0.25) is 4.90 Å². The molecule has 6 heteroatoms. The van der Waals surface area contributed by atoms with E-state index in [1.54, 1.807) is 12.4 Å². The Hall–Kier alpha value is -1.92. The van der Waals surface area contributed by atoms with Crippen molar-refractivity contribution >= 4 is 0 Å². The van der Waals surface area contributed by atoms with Crippen molar-refractivity contribution in [2.45, 2.75) is 57.6 Å². The molecule has 6 nitrogen and oxygen atoms in total. The van der Waals surface area contributed by atoms with Crippen LogP contribution in [-0.2, 0) is 11.3 Å². The van der Waals surface area contributed by atoms with E-state index in [2.05, 4.69) is 24.8 Å². The van der Waals surface area contributed by atoms with Crippen molar-refractivity contribution in [2.75, 3.05) is 19.7 Å². The number of nitrogens with zero attached hydrogens (tertiary/aromatic N) is 5. The van der Waals surface area contributed by atoms with Crippen LogP contribution in [0.1, 0.15) is 50.5 Å². The quantitative estimate of drug-likeness (QED) is 0.779. The fourth-order valence-corrected chi connectivity index (χ4v) is 4.12. The molecule has 0 spiro atoms. The van der Waals surface area contributed by atoms with Gasteiger partial charge in [-0.05, 0) is 31.6 Å². The summed E-state index contributed by atoms with van der Waals surface area (Å²) in [6.45, 7) is 4.05. The Balaban J connectivity index is 1.21. The van der Waals surface area contributed by atoms with E-state index in [-0.39, 0.29) is 0 Å². The summed E-state index contributed by atoms with van der Waals surface area (Å²) in [6.07, 6.45) is 18.5. The van der Waals surface area contributed by atoms with Gasteiger partial charge < -0.3 is 4.74 Å². The number of piperidine rings is 1. The minimum atomic E-state index is 0.444. The molecular weight excluding hydrogens is 338 g/mol. The number of ether oxygens (including phenoxy) is 1. The van der Waals surface area contributed by atoms with Gasteiger partial charge in [-0.15, -0.1) is 0 Å². The highest BCUT2D eigenvalue weighted by molar-refractivity contribution is 5.50. The predicted molar refractivity (Wildman–Crippen MR) is 104 cm³/mol. The minimum Gasteiger partial charge on any atom is -0.378 e. The van der Waals surface area contributed by atoms with Crippen LogP contribution in [0.5, 0.6) is 0 Å². The molecule has 0 atom stereocenters. The smallest absolute Gasteiger partial charge is 0.162 e. The van der Waals surface area contributed by atoms with Crippen LogP contribution in [0.25, 0.3) is 11.4 Å². The van der Waals surface area contributed by atoms with E-state index in [9.17, 15) is 0 Å². The SMILES string of the molecule is c1ncc(-c2ncc(CN3CCC(OCC4CCCCC4)CC3)cn2)cn1. The first-order valence-electron chi connectivity index (χ1n) is 10.3. The summed E-state index contributed by atoms with van der Waals surface area (Å²) < 4.78 is 6.22. The number of hydrogen-bond acceptors (Lipinski definition) is 6. The third kappa shape index (κ3) is 5.30. The Morgan fingerprint density at radius 3 is 2.30 bits per heavy atom. The van der Waals surface area contributed by atoms with Crippen molar-refractivity contribution in [3.05, 3.63) is 36.7 Å². The molecule has 0 aromatic carbocycles. The summed E-state index contributed by atoms with van der Waals surface area (Å²) in [5.41, 5.74) is 2.00. The van der Waals surface area contributed by atoms with Gasteiger partial charge in [0.1, 0.15) is 6.33 Å². The van der Waals surface area contributed by atoms with Crippen LogP contribution in [0, 0.1) is 5.92 Å². The van der Waals surface area contributed by atoms with Gasteiger partial charge in [0.05, 0.1) is 11.7 Å². The van der Waals surface area contributed by atoms with Gasteiger partial charge in [-0.25, -0.2) is 19.9 Å². The van der Waals surface area contributed by atoms with E-state index in [0.717, 1.165) is 56.1 Å². The summed E-state index contributed by atoms with van der Waals surface area (Å²) in [4.78, 5) is 19.4. The molecule has 2 aromatic rings. The standard InChI is InChI=1S/C21H29N5O/c1-2-4-17(5-3-1)15-27-20-6-8-26(9-7-20)14-18-10-24-21(25-11-18)19-12-22-16-23-13-19/h10-13,16-17,20H,1-9,14-15H2. The first kappa shape index (κ1) is 18.4. The molecular formula is C21H29N5O. The molecule has 0 radical (unpaired) electrons. The van der Waals surface area contributed by atoms with E-state index in [4.69, 9.17) is 4.74 Å². The van der Waals surface area contributed by atoms with Crippen LogP contribution in [0.4, 0.5) is 0 Å². The molecule has 0 bridgehead atoms. The summed E-state index contributed by atoms with van der Waals surface area (Å²) in [6, 6.07) is 0. The van der Waals surface area contributed by atoms with Gasteiger partial charge in [0.25, 0.3) is 0 Å². The molecule has 0 N–H and O–H groups in total. The molecule has 2 aromatic heterocycles. The van der Waals surface area contributed by atoms with Crippen molar-refractivity contribution in [3.8, 4) is 11.4 Å². The van der Waals surface area contributed by atoms with Gasteiger partial charge in [-0.1, -0.05) is 19.3 Å². The van der Waals surface area contributed by atoms with Crippen LogP contribution in [0.2, 0.25) is 0 Å². The molecule has 1 saturated carbocycles. The maximum atomic E-state index is 6.22. The average Bonchev–Trinajstić information content (AvgIpc) is 2.75. The predicted octanol–water partition coefficient (Wildman–Crippen LogP) is 3.49. The maximum Gasteiger partial charge on any atom is 0.162 e. The second-order valence-corrected chi connectivity index (χ2v) is 7.85. The van der Waals surface area contributed by atoms with Crippen LogP contribution in [-0.4, -0.2) is 50.6 Å². The molecule has 1 saturated heterocycles. The number of rotatable bonds is 6. The average molecular weight is 367 g/mol. The molecule has 2 aliphatic rings. The maximum absolute atomic E-state index is 6.22.